The van der Waals surface area contributed by atoms with Gasteiger partial charge in [0.15, 0.2) is 0 Å². The quantitative estimate of drug-likeness (QED) is 0.684. The summed E-state index contributed by atoms with van der Waals surface area (Å²) in [6, 6.07) is 4.10. The minimum absolute atomic E-state index is 0.224. The average molecular weight is 226 g/mol. The molecule has 3 unspecified atom stereocenters. The van der Waals surface area contributed by atoms with E-state index in [1.807, 2.05) is 12.4 Å². The number of nitrogens with zero attached hydrogens (tertiary/aromatic N) is 1. The van der Waals surface area contributed by atoms with Gasteiger partial charge in [-0.05, 0) is 36.0 Å². The molecule has 1 nitrogen and oxygen atoms in total. The number of hydrogen-bond donors (Lipinski definition) is 0. The standard InChI is InChI=1S/C13H20ClN/c1-4-10(2)9-13(14)11(3)12-5-7-15-8-6-12/h5-8,10-11,13H,4,9H2,1-3H3. The highest BCUT2D eigenvalue weighted by atomic mass is 35.5. The molecule has 0 amide bonds. The van der Waals surface area contributed by atoms with Gasteiger partial charge in [0.1, 0.15) is 0 Å². The summed E-state index contributed by atoms with van der Waals surface area (Å²) in [6.07, 6.45) is 5.95. The maximum absolute atomic E-state index is 6.42. The zero-order valence-electron chi connectivity index (χ0n) is 9.78. The van der Waals surface area contributed by atoms with Gasteiger partial charge in [-0.15, -0.1) is 11.6 Å². The number of pyridine rings is 1. The predicted octanol–water partition coefficient (Wildman–Crippen LogP) is 4.23. The maximum atomic E-state index is 6.42. The molecule has 2 heteroatoms. The molecule has 0 aliphatic heterocycles. The highest BCUT2D eigenvalue weighted by molar-refractivity contribution is 6.21. The third kappa shape index (κ3) is 3.83. The first-order chi connectivity index (χ1) is 7.15. The number of aromatic nitrogens is 1. The summed E-state index contributed by atoms with van der Waals surface area (Å²) in [7, 11) is 0. The molecule has 0 spiro atoms. The van der Waals surface area contributed by atoms with Crippen LogP contribution in [0.25, 0.3) is 0 Å². The lowest BCUT2D eigenvalue weighted by atomic mass is 9.91. The number of alkyl halides is 1. The van der Waals surface area contributed by atoms with Gasteiger partial charge < -0.3 is 0 Å². The zero-order chi connectivity index (χ0) is 11.3. The van der Waals surface area contributed by atoms with E-state index in [0.29, 0.717) is 11.8 Å². The molecule has 1 heterocycles. The topological polar surface area (TPSA) is 12.9 Å². The van der Waals surface area contributed by atoms with Crippen LogP contribution in [0.2, 0.25) is 0 Å². The van der Waals surface area contributed by atoms with Gasteiger partial charge in [-0.3, -0.25) is 4.98 Å². The molecular formula is C13H20ClN. The van der Waals surface area contributed by atoms with E-state index in [9.17, 15) is 0 Å². The van der Waals surface area contributed by atoms with Crippen LogP contribution in [0.1, 0.15) is 45.1 Å². The molecule has 0 radical (unpaired) electrons. The van der Waals surface area contributed by atoms with Crippen LogP contribution < -0.4 is 0 Å². The lowest BCUT2D eigenvalue weighted by Crippen LogP contribution is -2.13. The van der Waals surface area contributed by atoms with Crippen molar-refractivity contribution < 1.29 is 0 Å². The van der Waals surface area contributed by atoms with Crippen LogP contribution in [-0.4, -0.2) is 10.4 Å². The Labute approximate surface area is 97.9 Å². The Morgan fingerprint density at radius 3 is 2.40 bits per heavy atom. The van der Waals surface area contributed by atoms with E-state index in [0.717, 1.165) is 6.42 Å². The molecule has 0 aliphatic carbocycles. The monoisotopic (exact) mass is 225 g/mol. The van der Waals surface area contributed by atoms with Gasteiger partial charge in [-0.2, -0.15) is 0 Å². The third-order valence-corrected chi connectivity index (χ3v) is 3.66. The second kappa shape index (κ2) is 6.12. The van der Waals surface area contributed by atoms with Gasteiger partial charge in [-0.25, -0.2) is 0 Å². The van der Waals surface area contributed by atoms with Gasteiger partial charge in [0.25, 0.3) is 0 Å². The fourth-order valence-corrected chi connectivity index (χ4v) is 2.08. The smallest absolute Gasteiger partial charge is 0.0404 e. The molecule has 0 N–H and O–H groups in total. The van der Waals surface area contributed by atoms with Crippen molar-refractivity contribution in [2.75, 3.05) is 0 Å². The van der Waals surface area contributed by atoms with E-state index in [1.165, 1.54) is 12.0 Å². The number of hydrogen-bond acceptors (Lipinski definition) is 1. The van der Waals surface area contributed by atoms with E-state index >= 15 is 0 Å². The van der Waals surface area contributed by atoms with Crippen molar-refractivity contribution in [3.8, 4) is 0 Å². The Balaban J connectivity index is 2.57. The first kappa shape index (κ1) is 12.5. The predicted molar refractivity (Wildman–Crippen MR) is 66.4 cm³/mol. The summed E-state index contributed by atoms with van der Waals surface area (Å²) in [5.74, 6) is 1.11. The van der Waals surface area contributed by atoms with E-state index in [2.05, 4.69) is 37.9 Å². The molecule has 84 valence electrons. The highest BCUT2D eigenvalue weighted by Crippen LogP contribution is 2.28. The molecule has 0 aliphatic rings. The van der Waals surface area contributed by atoms with E-state index in [-0.39, 0.29) is 5.38 Å². The van der Waals surface area contributed by atoms with E-state index in [4.69, 9.17) is 11.6 Å². The largest absolute Gasteiger partial charge is 0.265 e. The van der Waals surface area contributed by atoms with Crippen molar-refractivity contribution in [1.82, 2.24) is 4.98 Å². The average Bonchev–Trinajstić information content (AvgIpc) is 2.29. The van der Waals surface area contributed by atoms with Crippen LogP contribution in [0.4, 0.5) is 0 Å². The summed E-state index contributed by atoms with van der Waals surface area (Å²) in [6.45, 7) is 6.66. The Morgan fingerprint density at radius 2 is 1.87 bits per heavy atom. The molecule has 0 saturated carbocycles. The number of rotatable bonds is 5. The molecule has 0 saturated heterocycles. The molecule has 15 heavy (non-hydrogen) atoms. The van der Waals surface area contributed by atoms with Crippen LogP contribution in [-0.2, 0) is 0 Å². The SMILES string of the molecule is CCC(C)CC(Cl)C(C)c1ccncc1. The van der Waals surface area contributed by atoms with E-state index in [1.54, 1.807) is 0 Å². The lowest BCUT2D eigenvalue weighted by Gasteiger charge is -2.21. The third-order valence-electron chi connectivity index (χ3n) is 3.10. The first-order valence-electron chi connectivity index (χ1n) is 5.69. The van der Waals surface area contributed by atoms with Crippen molar-refractivity contribution in [2.24, 2.45) is 5.92 Å². The van der Waals surface area contributed by atoms with Crippen LogP contribution in [0.15, 0.2) is 24.5 Å². The van der Waals surface area contributed by atoms with Gasteiger partial charge in [-0.1, -0.05) is 27.2 Å². The zero-order valence-corrected chi connectivity index (χ0v) is 10.5. The minimum atomic E-state index is 0.224. The van der Waals surface area contributed by atoms with Crippen molar-refractivity contribution in [1.29, 1.82) is 0 Å². The molecular weight excluding hydrogens is 206 g/mol. The summed E-state index contributed by atoms with van der Waals surface area (Å²) in [4.78, 5) is 4.02. The minimum Gasteiger partial charge on any atom is -0.265 e. The Morgan fingerprint density at radius 1 is 1.27 bits per heavy atom. The molecule has 1 rings (SSSR count). The fourth-order valence-electron chi connectivity index (χ4n) is 1.63. The van der Waals surface area contributed by atoms with Crippen molar-refractivity contribution in [3.63, 3.8) is 0 Å². The second-order valence-electron chi connectivity index (χ2n) is 4.33. The fraction of sp³-hybridized carbons (Fsp3) is 0.615. The Kier molecular flexibility index (Phi) is 5.10. The lowest BCUT2D eigenvalue weighted by molar-refractivity contribution is 0.476. The van der Waals surface area contributed by atoms with E-state index < -0.39 is 0 Å². The Hall–Kier alpha value is -0.560. The van der Waals surface area contributed by atoms with Crippen molar-refractivity contribution >= 4 is 11.6 Å². The van der Waals surface area contributed by atoms with Crippen LogP contribution in [0, 0.1) is 5.92 Å². The highest BCUT2D eigenvalue weighted by Gasteiger charge is 2.18. The second-order valence-corrected chi connectivity index (χ2v) is 4.89. The van der Waals surface area contributed by atoms with Crippen LogP contribution in [0.5, 0.6) is 0 Å². The van der Waals surface area contributed by atoms with Crippen molar-refractivity contribution in [3.05, 3.63) is 30.1 Å². The summed E-state index contributed by atoms with van der Waals surface area (Å²) >= 11 is 6.42. The van der Waals surface area contributed by atoms with Crippen LogP contribution >= 0.6 is 11.6 Å². The molecule has 1 aromatic rings. The van der Waals surface area contributed by atoms with Gasteiger partial charge in [0.05, 0.1) is 0 Å². The molecule has 3 atom stereocenters. The molecule has 0 aromatic carbocycles. The molecule has 0 bridgehead atoms. The van der Waals surface area contributed by atoms with Gasteiger partial charge in [0.2, 0.25) is 0 Å². The molecule has 1 aromatic heterocycles. The van der Waals surface area contributed by atoms with Gasteiger partial charge >= 0.3 is 0 Å². The summed E-state index contributed by atoms with van der Waals surface area (Å²) in [5.41, 5.74) is 1.29. The maximum Gasteiger partial charge on any atom is 0.0404 e. The summed E-state index contributed by atoms with van der Waals surface area (Å²) in [5, 5.41) is 0.224. The molecule has 0 fully saturated rings. The first-order valence-corrected chi connectivity index (χ1v) is 6.12. The van der Waals surface area contributed by atoms with Crippen LogP contribution in [0.3, 0.4) is 0 Å². The Bertz CT molecular complexity index is 273. The number of halogens is 1. The van der Waals surface area contributed by atoms with Crippen molar-refractivity contribution in [2.45, 2.75) is 44.9 Å². The van der Waals surface area contributed by atoms with Gasteiger partial charge in [0, 0.05) is 17.8 Å². The summed E-state index contributed by atoms with van der Waals surface area (Å²) < 4.78 is 0. The normalized spacial score (nSPS) is 17.1.